The maximum Gasteiger partial charge on any atom is 0.191 e. The molecule has 1 heterocycles. The molecule has 5 nitrogen and oxygen atoms in total. The average molecular weight is 447 g/mol. The van der Waals surface area contributed by atoms with E-state index >= 15 is 0 Å². The molecular formula is C18H30IN3O2. The van der Waals surface area contributed by atoms with Gasteiger partial charge in [-0.15, -0.1) is 24.0 Å². The number of nitrogens with zero attached hydrogens (tertiary/aromatic N) is 1. The second-order valence-electron chi connectivity index (χ2n) is 7.28. The van der Waals surface area contributed by atoms with Crippen LogP contribution in [0.1, 0.15) is 51.2 Å². The number of furan rings is 1. The molecule has 0 amide bonds. The Labute approximate surface area is 161 Å². The molecule has 2 fully saturated rings. The quantitative estimate of drug-likeness (QED) is 0.377. The fourth-order valence-corrected chi connectivity index (χ4v) is 4.15. The Morgan fingerprint density at radius 2 is 2.12 bits per heavy atom. The maximum atomic E-state index is 10.5. The lowest BCUT2D eigenvalue weighted by Crippen LogP contribution is -2.49. The third-order valence-electron chi connectivity index (χ3n) is 5.51. The van der Waals surface area contributed by atoms with E-state index in [9.17, 15) is 5.11 Å². The van der Waals surface area contributed by atoms with Crippen molar-refractivity contribution in [2.75, 3.05) is 13.6 Å². The molecule has 1 aromatic rings. The molecule has 2 aliphatic rings. The van der Waals surface area contributed by atoms with Crippen LogP contribution in [0.15, 0.2) is 27.8 Å². The van der Waals surface area contributed by atoms with Gasteiger partial charge in [-0.3, -0.25) is 4.99 Å². The van der Waals surface area contributed by atoms with Gasteiger partial charge in [-0.05, 0) is 50.2 Å². The van der Waals surface area contributed by atoms with Crippen LogP contribution in [-0.2, 0) is 5.60 Å². The second kappa shape index (κ2) is 8.56. The van der Waals surface area contributed by atoms with Gasteiger partial charge in [0.05, 0.1) is 12.8 Å². The van der Waals surface area contributed by atoms with Gasteiger partial charge in [0.25, 0.3) is 0 Å². The number of fused-ring (bicyclic) bond motifs is 1. The van der Waals surface area contributed by atoms with E-state index in [4.69, 9.17) is 4.42 Å². The van der Waals surface area contributed by atoms with E-state index in [1.54, 1.807) is 32.4 Å². The van der Waals surface area contributed by atoms with Gasteiger partial charge in [0, 0.05) is 13.1 Å². The molecule has 6 heteroatoms. The first-order valence-corrected chi connectivity index (χ1v) is 8.82. The summed E-state index contributed by atoms with van der Waals surface area (Å²) in [6.45, 7) is 2.11. The molecule has 3 rings (SSSR count). The summed E-state index contributed by atoms with van der Waals surface area (Å²) >= 11 is 0. The SMILES string of the molecule is CN=C(NCC(C)(O)c1ccco1)NC1CCC2CCCC2C1.I. The molecule has 0 aromatic carbocycles. The topological polar surface area (TPSA) is 69.8 Å². The van der Waals surface area contributed by atoms with Gasteiger partial charge >= 0.3 is 0 Å². The van der Waals surface area contributed by atoms with Crippen LogP contribution in [-0.4, -0.2) is 30.7 Å². The predicted octanol–water partition coefficient (Wildman–Crippen LogP) is 3.24. The molecule has 0 saturated heterocycles. The summed E-state index contributed by atoms with van der Waals surface area (Å²) in [5.74, 6) is 3.18. The fourth-order valence-electron chi connectivity index (χ4n) is 4.15. The standard InChI is InChI=1S/C18H29N3O2.HI/c1-18(22,16-7-4-10-23-16)12-20-17(19-2)21-15-9-8-13-5-3-6-14(13)11-15;/h4,7,10,13-15,22H,3,5-6,8-9,11-12H2,1-2H3,(H2,19,20,21);1H. The minimum atomic E-state index is -1.05. The molecular weight excluding hydrogens is 417 g/mol. The lowest BCUT2D eigenvalue weighted by Gasteiger charge is -2.33. The summed E-state index contributed by atoms with van der Waals surface area (Å²) in [6.07, 6.45) is 9.61. The van der Waals surface area contributed by atoms with E-state index in [0.29, 0.717) is 18.3 Å². The summed E-state index contributed by atoms with van der Waals surface area (Å²) in [6, 6.07) is 4.07. The zero-order valence-electron chi connectivity index (χ0n) is 14.6. The minimum Gasteiger partial charge on any atom is -0.466 e. The smallest absolute Gasteiger partial charge is 0.191 e. The molecule has 4 atom stereocenters. The summed E-state index contributed by atoms with van der Waals surface area (Å²) in [5, 5.41) is 17.3. The number of aliphatic hydroxyl groups is 1. The van der Waals surface area contributed by atoms with Crippen LogP contribution in [0.4, 0.5) is 0 Å². The van der Waals surface area contributed by atoms with Crippen molar-refractivity contribution in [1.29, 1.82) is 0 Å². The molecule has 3 N–H and O–H groups in total. The monoisotopic (exact) mass is 447 g/mol. The van der Waals surface area contributed by atoms with Gasteiger partial charge in [0.15, 0.2) is 5.96 Å². The third kappa shape index (κ3) is 4.65. The zero-order valence-corrected chi connectivity index (χ0v) is 17.0. The van der Waals surface area contributed by atoms with Gasteiger partial charge in [-0.1, -0.05) is 19.3 Å². The first-order chi connectivity index (χ1) is 11.1. The van der Waals surface area contributed by atoms with E-state index in [2.05, 4.69) is 15.6 Å². The first-order valence-electron chi connectivity index (χ1n) is 8.82. The minimum absolute atomic E-state index is 0. The van der Waals surface area contributed by atoms with Crippen LogP contribution in [0.2, 0.25) is 0 Å². The summed E-state index contributed by atoms with van der Waals surface area (Å²) in [4.78, 5) is 4.30. The molecule has 1 aromatic heterocycles. The average Bonchev–Trinajstić information content (AvgIpc) is 3.22. The normalized spacial score (nSPS) is 29.3. The van der Waals surface area contributed by atoms with Gasteiger partial charge in [-0.2, -0.15) is 0 Å². The molecule has 0 bridgehead atoms. The number of halogens is 1. The first kappa shape index (κ1) is 19.6. The lowest BCUT2D eigenvalue weighted by molar-refractivity contribution is 0.0385. The molecule has 4 unspecified atom stereocenters. The Bertz CT molecular complexity index is 530. The summed E-state index contributed by atoms with van der Waals surface area (Å²) in [7, 11) is 1.78. The largest absolute Gasteiger partial charge is 0.466 e. The Kier molecular flexibility index (Phi) is 6.98. The zero-order chi connectivity index (χ0) is 16.3. The van der Waals surface area contributed by atoms with E-state index in [1.165, 1.54) is 38.5 Å². The highest BCUT2D eigenvalue weighted by atomic mass is 127. The van der Waals surface area contributed by atoms with E-state index < -0.39 is 5.60 Å². The van der Waals surface area contributed by atoms with Crippen molar-refractivity contribution in [1.82, 2.24) is 10.6 Å². The Balaban J connectivity index is 0.00000208. The number of guanidine groups is 1. The lowest BCUT2D eigenvalue weighted by atomic mass is 9.79. The van der Waals surface area contributed by atoms with Crippen molar-refractivity contribution in [2.24, 2.45) is 16.8 Å². The van der Waals surface area contributed by atoms with Crippen LogP contribution < -0.4 is 10.6 Å². The highest BCUT2D eigenvalue weighted by Crippen LogP contribution is 2.42. The van der Waals surface area contributed by atoms with Crippen molar-refractivity contribution in [3.63, 3.8) is 0 Å². The molecule has 24 heavy (non-hydrogen) atoms. The summed E-state index contributed by atoms with van der Waals surface area (Å²) < 4.78 is 5.31. The summed E-state index contributed by atoms with van der Waals surface area (Å²) in [5.41, 5.74) is -1.05. The van der Waals surface area contributed by atoms with Gasteiger partial charge in [0.1, 0.15) is 11.4 Å². The number of hydrogen-bond donors (Lipinski definition) is 3. The van der Waals surface area contributed by atoms with Crippen LogP contribution in [0.5, 0.6) is 0 Å². The third-order valence-corrected chi connectivity index (χ3v) is 5.51. The van der Waals surface area contributed by atoms with Gasteiger partial charge in [0.2, 0.25) is 0 Å². The van der Waals surface area contributed by atoms with Crippen LogP contribution >= 0.6 is 24.0 Å². The van der Waals surface area contributed by atoms with E-state index in [0.717, 1.165) is 17.8 Å². The number of aliphatic imine (C=N–C) groups is 1. The van der Waals surface area contributed by atoms with Gasteiger partial charge < -0.3 is 20.2 Å². The fraction of sp³-hybridized carbons (Fsp3) is 0.722. The number of nitrogens with one attached hydrogen (secondary N) is 2. The van der Waals surface area contributed by atoms with Crippen LogP contribution in [0.3, 0.4) is 0 Å². The molecule has 2 saturated carbocycles. The Morgan fingerprint density at radius 3 is 2.83 bits per heavy atom. The van der Waals surface area contributed by atoms with Crippen molar-refractivity contribution in [2.45, 2.75) is 57.1 Å². The molecule has 0 radical (unpaired) electrons. The number of hydrogen-bond acceptors (Lipinski definition) is 3. The maximum absolute atomic E-state index is 10.5. The highest BCUT2D eigenvalue weighted by Gasteiger charge is 2.34. The highest BCUT2D eigenvalue weighted by molar-refractivity contribution is 14.0. The second-order valence-corrected chi connectivity index (χ2v) is 7.28. The van der Waals surface area contributed by atoms with Gasteiger partial charge in [-0.25, -0.2) is 0 Å². The van der Waals surface area contributed by atoms with Crippen LogP contribution in [0.25, 0.3) is 0 Å². The molecule has 136 valence electrons. The number of rotatable bonds is 4. The molecule has 2 aliphatic carbocycles. The van der Waals surface area contributed by atoms with Crippen molar-refractivity contribution >= 4 is 29.9 Å². The molecule has 0 aliphatic heterocycles. The predicted molar refractivity (Wildman–Crippen MR) is 107 cm³/mol. The van der Waals surface area contributed by atoms with Crippen LogP contribution in [0, 0.1) is 11.8 Å². The Hall–Kier alpha value is -0.760. The van der Waals surface area contributed by atoms with Crippen molar-refractivity contribution < 1.29 is 9.52 Å². The van der Waals surface area contributed by atoms with Crippen molar-refractivity contribution in [3.05, 3.63) is 24.2 Å². The van der Waals surface area contributed by atoms with Crippen molar-refractivity contribution in [3.8, 4) is 0 Å². The molecule has 0 spiro atoms. The Morgan fingerprint density at radius 1 is 1.33 bits per heavy atom. The van der Waals surface area contributed by atoms with E-state index in [-0.39, 0.29) is 24.0 Å². The van der Waals surface area contributed by atoms with E-state index in [1.807, 2.05) is 0 Å².